The zero-order chi connectivity index (χ0) is 14.0. The number of hydrazine groups is 1. The molecule has 0 radical (unpaired) electrons. The summed E-state index contributed by atoms with van der Waals surface area (Å²) in [5, 5.41) is 2.17. The van der Waals surface area contributed by atoms with E-state index in [4.69, 9.17) is 0 Å². The molecule has 5 nitrogen and oxygen atoms in total. The second-order valence-corrected chi connectivity index (χ2v) is 3.98. The fraction of sp³-hybridized carbons (Fsp3) is 0.273. The molecule has 1 heterocycles. The predicted octanol–water partition coefficient (Wildman–Crippen LogP) is 1.04. The van der Waals surface area contributed by atoms with Crippen molar-refractivity contribution in [2.45, 2.75) is 18.6 Å². The number of rotatable bonds is 2. The van der Waals surface area contributed by atoms with Crippen LogP contribution in [0.15, 0.2) is 24.3 Å². The van der Waals surface area contributed by atoms with Crippen LogP contribution in [-0.2, 0) is 15.8 Å². The Balaban J connectivity index is 2.15. The summed E-state index contributed by atoms with van der Waals surface area (Å²) >= 11 is 0. The molecule has 0 saturated carbocycles. The van der Waals surface area contributed by atoms with E-state index < -0.39 is 23.7 Å². The molecule has 102 valence electrons. The molecule has 19 heavy (non-hydrogen) atoms. The van der Waals surface area contributed by atoms with Crippen LogP contribution in [0.2, 0.25) is 0 Å². The maximum absolute atomic E-state index is 12.7. The summed E-state index contributed by atoms with van der Waals surface area (Å²) in [6, 6.07) is 3.77. The van der Waals surface area contributed by atoms with Crippen LogP contribution in [0.25, 0.3) is 0 Å². The zero-order valence-electron chi connectivity index (χ0n) is 9.54. The molecular weight excluding hydrogens is 263 g/mol. The van der Waals surface area contributed by atoms with E-state index in [0.717, 1.165) is 12.1 Å². The van der Waals surface area contributed by atoms with Crippen LogP contribution in [0.4, 0.5) is 18.9 Å². The van der Waals surface area contributed by atoms with Crippen molar-refractivity contribution >= 4 is 17.5 Å². The lowest BCUT2D eigenvalue weighted by Crippen LogP contribution is -2.40. The number of amides is 2. The Morgan fingerprint density at radius 3 is 2.58 bits per heavy atom. The highest BCUT2D eigenvalue weighted by atomic mass is 19.4. The number of carbonyl (C=O) groups excluding carboxylic acids is 2. The van der Waals surface area contributed by atoms with Gasteiger partial charge in [-0.1, -0.05) is 12.1 Å². The topological polar surface area (TPSA) is 70.2 Å². The molecule has 2 amide bonds. The average Bonchev–Trinajstić information content (AvgIpc) is 2.75. The summed E-state index contributed by atoms with van der Waals surface area (Å²) in [5.41, 5.74) is 3.34. The molecule has 1 atom stereocenters. The van der Waals surface area contributed by atoms with Crippen LogP contribution in [0.3, 0.4) is 0 Å². The van der Waals surface area contributed by atoms with Gasteiger partial charge >= 0.3 is 6.18 Å². The minimum Gasteiger partial charge on any atom is -0.324 e. The first-order valence-corrected chi connectivity index (χ1v) is 5.39. The van der Waals surface area contributed by atoms with Crippen molar-refractivity contribution in [1.82, 2.24) is 10.9 Å². The third-order valence-corrected chi connectivity index (χ3v) is 2.58. The van der Waals surface area contributed by atoms with Gasteiger partial charge < -0.3 is 5.32 Å². The highest BCUT2D eigenvalue weighted by Gasteiger charge is 2.35. The molecule has 1 aliphatic heterocycles. The first-order valence-electron chi connectivity index (χ1n) is 5.39. The van der Waals surface area contributed by atoms with Gasteiger partial charge in [0.05, 0.1) is 17.7 Å². The minimum atomic E-state index is -4.55. The molecule has 1 saturated heterocycles. The van der Waals surface area contributed by atoms with Gasteiger partial charge in [0.25, 0.3) is 0 Å². The number of anilines is 1. The standard InChI is InChI=1S/C11H10F3N3O2/c12-11(13,14)6-3-1-2-4-7(6)15-10(19)8-5-9(18)17-16-8/h1-4,8,16H,5H2,(H,15,19)(H,17,18). The predicted molar refractivity (Wildman–Crippen MR) is 59.8 cm³/mol. The Labute approximate surface area is 106 Å². The van der Waals surface area contributed by atoms with E-state index in [1.807, 2.05) is 0 Å². The lowest BCUT2D eigenvalue weighted by atomic mass is 10.1. The zero-order valence-corrected chi connectivity index (χ0v) is 9.54. The number of benzene rings is 1. The fourth-order valence-electron chi connectivity index (χ4n) is 1.67. The molecule has 0 aliphatic carbocycles. The number of halogens is 3. The summed E-state index contributed by atoms with van der Waals surface area (Å²) in [5.74, 6) is -1.08. The van der Waals surface area contributed by atoms with E-state index in [1.165, 1.54) is 12.1 Å². The molecule has 0 aromatic heterocycles. The first-order chi connectivity index (χ1) is 8.88. The summed E-state index contributed by atoms with van der Waals surface area (Å²) in [4.78, 5) is 22.6. The monoisotopic (exact) mass is 273 g/mol. The van der Waals surface area contributed by atoms with Gasteiger partial charge in [-0.05, 0) is 12.1 Å². The van der Waals surface area contributed by atoms with Crippen LogP contribution in [0.1, 0.15) is 12.0 Å². The summed E-state index contributed by atoms with van der Waals surface area (Å²) in [6.45, 7) is 0. The normalized spacial score (nSPS) is 19.1. The number of carbonyl (C=O) groups is 2. The van der Waals surface area contributed by atoms with Crippen molar-refractivity contribution in [2.24, 2.45) is 0 Å². The molecule has 1 aliphatic rings. The van der Waals surface area contributed by atoms with Crippen LogP contribution < -0.4 is 16.2 Å². The van der Waals surface area contributed by atoms with E-state index in [1.54, 1.807) is 0 Å². The minimum absolute atomic E-state index is 0.111. The van der Waals surface area contributed by atoms with E-state index in [2.05, 4.69) is 16.2 Å². The second kappa shape index (κ2) is 4.88. The van der Waals surface area contributed by atoms with Crippen LogP contribution in [-0.4, -0.2) is 17.9 Å². The molecule has 0 bridgehead atoms. The lowest BCUT2D eigenvalue weighted by Gasteiger charge is -2.15. The van der Waals surface area contributed by atoms with Crippen molar-refractivity contribution in [2.75, 3.05) is 5.32 Å². The smallest absolute Gasteiger partial charge is 0.324 e. The molecule has 1 aromatic carbocycles. The third kappa shape index (κ3) is 3.02. The average molecular weight is 273 g/mol. The number of hydrogen-bond donors (Lipinski definition) is 3. The SMILES string of the molecule is O=C1CC(C(=O)Nc2ccccc2C(F)(F)F)NN1. The van der Waals surface area contributed by atoms with Crippen LogP contribution in [0, 0.1) is 0 Å². The number of para-hydroxylation sites is 1. The Bertz CT molecular complexity index is 516. The van der Waals surface area contributed by atoms with Gasteiger partial charge in [-0.3, -0.25) is 15.0 Å². The number of hydrogen-bond acceptors (Lipinski definition) is 3. The molecule has 3 N–H and O–H groups in total. The van der Waals surface area contributed by atoms with Gasteiger partial charge in [-0.25, -0.2) is 5.43 Å². The molecule has 1 aromatic rings. The van der Waals surface area contributed by atoms with E-state index in [-0.39, 0.29) is 18.0 Å². The Kier molecular flexibility index (Phi) is 3.43. The van der Waals surface area contributed by atoms with Crippen molar-refractivity contribution < 1.29 is 22.8 Å². The van der Waals surface area contributed by atoms with Crippen molar-refractivity contribution in [3.63, 3.8) is 0 Å². The third-order valence-electron chi connectivity index (χ3n) is 2.58. The maximum Gasteiger partial charge on any atom is 0.418 e. The fourth-order valence-corrected chi connectivity index (χ4v) is 1.67. The van der Waals surface area contributed by atoms with Gasteiger partial charge in [-0.2, -0.15) is 13.2 Å². The van der Waals surface area contributed by atoms with Crippen molar-refractivity contribution in [1.29, 1.82) is 0 Å². The second-order valence-electron chi connectivity index (χ2n) is 3.98. The van der Waals surface area contributed by atoms with E-state index in [9.17, 15) is 22.8 Å². The molecule has 0 spiro atoms. The summed E-state index contributed by atoms with van der Waals surface area (Å²) in [6.07, 6.45) is -4.67. The van der Waals surface area contributed by atoms with Gasteiger partial charge in [0, 0.05) is 0 Å². The van der Waals surface area contributed by atoms with E-state index >= 15 is 0 Å². The largest absolute Gasteiger partial charge is 0.418 e. The van der Waals surface area contributed by atoms with Gasteiger partial charge in [0.2, 0.25) is 11.8 Å². The molecular formula is C11H10F3N3O2. The van der Waals surface area contributed by atoms with Crippen molar-refractivity contribution in [3.8, 4) is 0 Å². The molecule has 1 unspecified atom stereocenters. The maximum atomic E-state index is 12.7. The Morgan fingerprint density at radius 1 is 1.32 bits per heavy atom. The highest BCUT2D eigenvalue weighted by molar-refractivity contribution is 5.99. The summed E-state index contributed by atoms with van der Waals surface area (Å²) in [7, 11) is 0. The first kappa shape index (κ1) is 13.3. The Hall–Kier alpha value is -2.09. The molecule has 8 heteroatoms. The Morgan fingerprint density at radius 2 is 2.00 bits per heavy atom. The summed E-state index contributed by atoms with van der Waals surface area (Å²) < 4.78 is 38.1. The van der Waals surface area contributed by atoms with Crippen LogP contribution >= 0.6 is 0 Å². The van der Waals surface area contributed by atoms with Gasteiger partial charge in [-0.15, -0.1) is 0 Å². The number of alkyl halides is 3. The molecule has 2 rings (SSSR count). The van der Waals surface area contributed by atoms with Gasteiger partial charge in [0.1, 0.15) is 6.04 Å². The number of nitrogens with one attached hydrogen (secondary N) is 3. The lowest BCUT2D eigenvalue weighted by molar-refractivity contribution is -0.137. The highest BCUT2D eigenvalue weighted by Crippen LogP contribution is 2.34. The van der Waals surface area contributed by atoms with Crippen molar-refractivity contribution in [3.05, 3.63) is 29.8 Å². The quantitative estimate of drug-likeness (QED) is 0.754. The van der Waals surface area contributed by atoms with E-state index in [0.29, 0.717) is 0 Å². The van der Waals surface area contributed by atoms with Gasteiger partial charge in [0.15, 0.2) is 0 Å². The molecule has 1 fully saturated rings. The van der Waals surface area contributed by atoms with Crippen LogP contribution in [0.5, 0.6) is 0 Å².